The average molecular weight is 463 g/mol. The SMILES string of the molecule is COc1ccc(S(=O)(=O)N(CC(=O)NC[C@H]2CCCO2)c2cc(C)cc(C)c2)cc1OC. The zero-order valence-electron chi connectivity index (χ0n) is 18.9. The quantitative estimate of drug-likeness (QED) is 0.616. The predicted molar refractivity (Wildman–Crippen MR) is 122 cm³/mol. The number of nitrogens with zero attached hydrogens (tertiary/aromatic N) is 1. The lowest BCUT2D eigenvalue weighted by atomic mass is 10.1. The molecule has 1 aliphatic rings. The Hall–Kier alpha value is -2.78. The molecular formula is C23H30N2O6S. The fourth-order valence-electron chi connectivity index (χ4n) is 3.73. The molecule has 9 heteroatoms. The molecule has 2 aromatic rings. The Morgan fingerprint density at radius 2 is 1.78 bits per heavy atom. The molecule has 0 radical (unpaired) electrons. The summed E-state index contributed by atoms with van der Waals surface area (Å²) in [6.07, 6.45) is 1.81. The van der Waals surface area contributed by atoms with Crippen molar-refractivity contribution in [2.24, 2.45) is 0 Å². The first-order chi connectivity index (χ1) is 15.2. The van der Waals surface area contributed by atoms with E-state index in [0.29, 0.717) is 24.6 Å². The van der Waals surface area contributed by atoms with Gasteiger partial charge in [0.1, 0.15) is 6.54 Å². The van der Waals surface area contributed by atoms with E-state index in [0.717, 1.165) is 28.3 Å². The van der Waals surface area contributed by atoms with Gasteiger partial charge < -0.3 is 19.5 Å². The summed E-state index contributed by atoms with van der Waals surface area (Å²) in [5, 5.41) is 2.80. The summed E-state index contributed by atoms with van der Waals surface area (Å²) in [4.78, 5) is 12.7. The highest BCUT2D eigenvalue weighted by Crippen LogP contribution is 2.32. The van der Waals surface area contributed by atoms with Crippen LogP contribution in [0.4, 0.5) is 5.69 Å². The van der Waals surface area contributed by atoms with E-state index in [4.69, 9.17) is 14.2 Å². The van der Waals surface area contributed by atoms with Crippen LogP contribution in [0.2, 0.25) is 0 Å². The van der Waals surface area contributed by atoms with E-state index in [1.807, 2.05) is 19.9 Å². The average Bonchev–Trinajstić information content (AvgIpc) is 3.28. The fraction of sp³-hybridized carbons (Fsp3) is 0.435. The number of ether oxygens (including phenoxy) is 3. The van der Waals surface area contributed by atoms with Gasteiger partial charge in [-0.15, -0.1) is 0 Å². The number of rotatable bonds is 9. The van der Waals surface area contributed by atoms with Crippen molar-refractivity contribution in [3.8, 4) is 11.5 Å². The third-order valence-corrected chi connectivity index (χ3v) is 7.05. The number of carbonyl (C=O) groups is 1. The van der Waals surface area contributed by atoms with Crippen molar-refractivity contribution in [2.45, 2.75) is 37.7 Å². The summed E-state index contributed by atoms with van der Waals surface area (Å²) in [5.74, 6) is 0.305. The number of anilines is 1. The molecule has 1 saturated heterocycles. The molecule has 0 spiro atoms. The topological polar surface area (TPSA) is 94.2 Å². The number of aryl methyl sites for hydroxylation is 2. The van der Waals surface area contributed by atoms with E-state index in [9.17, 15) is 13.2 Å². The van der Waals surface area contributed by atoms with E-state index >= 15 is 0 Å². The Balaban J connectivity index is 1.94. The Bertz CT molecular complexity index is 1040. The van der Waals surface area contributed by atoms with Crippen LogP contribution in [0, 0.1) is 13.8 Å². The summed E-state index contributed by atoms with van der Waals surface area (Å²) in [6.45, 7) is 4.45. The summed E-state index contributed by atoms with van der Waals surface area (Å²) < 4.78 is 44.4. The van der Waals surface area contributed by atoms with Crippen LogP contribution in [0.3, 0.4) is 0 Å². The molecule has 0 saturated carbocycles. The number of sulfonamides is 1. The van der Waals surface area contributed by atoms with Gasteiger partial charge in [-0.1, -0.05) is 6.07 Å². The van der Waals surface area contributed by atoms with E-state index in [-0.39, 0.29) is 23.3 Å². The molecule has 32 heavy (non-hydrogen) atoms. The van der Waals surface area contributed by atoms with Crippen LogP contribution in [-0.4, -0.2) is 54.3 Å². The maximum atomic E-state index is 13.6. The van der Waals surface area contributed by atoms with Crippen molar-refractivity contribution in [1.29, 1.82) is 0 Å². The van der Waals surface area contributed by atoms with Crippen LogP contribution < -0.4 is 19.1 Å². The Kier molecular flexibility index (Phi) is 7.63. The van der Waals surface area contributed by atoms with Gasteiger partial charge in [-0.3, -0.25) is 9.10 Å². The van der Waals surface area contributed by atoms with Crippen LogP contribution in [0.1, 0.15) is 24.0 Å². The second-order valence-electron chi connectivity index (χ2n) is 7.81. The van der Waals surface area contributed by atoms with Gasteiger partial charge in [0.05, 0.1) is 30.9 Å². The van der Waals surface area contributed by atoms with Crippen molar-refractivity contribution in [2.75, 3.05) is 38.2 Å². The maximum Gasteiger partial charge on any atom is 0.264 e. The van der Waals surface area contributed by atoms with Crippen LogP contribution in [0.5, 0.6) is 11.5 Å². The van der Waals surface area contributed by atoms with Crippen LogP contribution in [0.15, 0.2) is 41.3 Å². The molecule has 3 rings (SSSR count). The van der Waals surface area contributed by atoms with Crippen molar-refractivity contribution < 1.29 is 27.4 Å². The number of nitrogens with one attached hydrogen (secondary N) is 1. The number of amides is 1. The molecule has 0 unspecified atom stereocenters. The molecule has 1 fully saturated rings. The van der Waals surface area contributed by atoms with Crippen molar-refractivity contribution in [3.05, 3.63) is 47.5 Å². The third-order valence-electron chi connectivity index (χ3n) is 5.28. The first-order valence-electron chi connectivity index (χ1n) is 10.5. The van der Waals surface area contributed by atoms with Gasteiger partial charge in [-0.25, -0.2) is 8.42 Å². The molecule has 0 aliphatic carbocycles. The van der Waals surface area contributed by atoms with Crippen LogP contribution in [0.25, 0.3) is 0 Å². The number of methoxy groups -OCH3 is 2. The first-order valence-corrected chi connectivity index (χ1v) is 11.9. The second-order valence-corrected chi connectivity index (χ2v) is 9.68. The van der Waals surface area contributed by atoms with Crippen molar-refractivity contribution in [1.82, 2.24) is 5.32 Å². The molecule has 1 aliphatic heterocycles. The van der Waals surface area contributed by atoms with E-state index in [2.05, 4.69) is 5.32 Å². The standard InChI is InChI=1S/C23H30N2O6S/c1-16-10-17(2)12-18(11-16)25(15-23(26)24-14-19-6-5-9-31-19)32(27,28)20-7-8-21(29-3)22(13-20)30-4/h7-8,10-13,19H,5-6,9,14-15H2,1-4H3,(H,24,26)/t19-/m1/s1. The minimum atomic E-state index is -4.07. The Morgan fingerprint density at radius 1 is 1.09 bits per heavy atom. The maximum absolute atomic E-state index is 13.6. The molecule has 1 amide bonds. The van der Waals surface area contributed by atoms with E-state index in [1.54, 1.807) is 12.1 Å². The molecule has 0 bridgehead atoms. The normalized spacial score (nSPS) is 15.9. The van der Waals surface area contributed by atoms with Crippen molar-refractivity contribution in [3.63, 3.8) is 0 Å². The molecule has 1 atom stereocenters. The lowest BCUT2D eigenvalue weighted by Gasteiger charge is -2.25. The molecule has 2 aromatic carbocycles. The van der Waals surface area contributed by atoms with Gasteiger partial charge in [0, 0.05) is 19.2 Å². The zero-order chi connectivity index (χ0) is 23.3. The second kappa shape index (κ2) is 10.2. The third kappa shape index (κ3) is 5.52. The van der Waals surface area contributed by atoms with Gasteiger partial charge in [-0.05, 0) is 62.1 Å². The summed E-state index contributed by atoms with van der Waals surface area (Å²) in [6, 6.07) is 9.81. The number of hydrogen-bond donors (Lipinski definition) is 1. The summed E-state index contributed by atoms with van der Waals surface area (Å²) in [5.41, 5.74) is 2.21. The Labute approximate surface area is 189 Å². The van der Waals surface area contributed by atoms with Gasteiger partial charge in [-0.2, -0.15) is 0 Å². The Morgan fingerprint density at radius 3 is 2.38 bits per heavy atom. The highest BCUT2D eigenvalue weighted by Gasteiger charge is 2.29. The van der Waals surface area contributed by atoms with Gasteiger partial charge >= 0.3 is 0 Å². The molecule has 1 N–H and O–H groups in total. The number of hydrogen-bond acceptors (Lipinski definition) is 6. The highest BCUT2D eigenvalue weighted by molar-refractivity contribution is 7.92. The number of carbonyl (C=O) groups excluding carboxylic acids is 1. The molecule has 1 heterocycles. The van der Waals surface area contributed by atoms with Crippen LogP contribution in [-0.2, 0) is 19.6 Å². The van der Waals surface area contributed by atoms with E-state index in [1.165, 1.54) is 32.4 Å². The zero-order valence-corrected chi connectivity index (χ0v) is 19.7. The summed E-state index contributed by atoms with van der Waals surface area (Å²) >= 11 is 0. The highest BCUT2D eigenvalue weighted by atomic mass is 32.2. The van der Waals surface area contributed by atoms with Gasteiger partial charge in [0.15, 0.2) is 11.5 Å². The van der Waals surface area contributed by atoms with Gasteiger partial charge in [0.2, 0.25) is 5.91 Å². The lowest BCUT2D eigenvalue weighted by molar-refractivity contribution is -0.120. The fourth-order valence-corrected chi connectivity index (χ4v) is 5.15. The minimum absolute atomic E-state index is 0.00114. The molecule has 8 nitrogen and oxygen atoms in total. The predicted octanol–water partition coefficient (Wildman–Crippen LogP) is 2.81. The van der Waals surface area contributed by atoms with Crippen LogP contribution >= 0.6 is 0 Å². The summed E-state index contributed by atoms with van der Waals surface area (Å²) in [7, 11) is -1.15. The smallest absolute Gasteiger partial charge is 0.264 e. The first kappa shape index (κ1) is 23.9. The monoisotopic (exact) mass is 462 g/mol. The minimum Gasteiger partial charge on any atom is -0.493 e. The van der Waals surface area contributed by atoms with Crippen molar-refractivity contribution >= 4 is 21.6 Å². The lowest BCUT2D eigenvalue weighted by Crippen LogP contribution is -2.42. The molecule has 174 valence electrons. The molecule has 0 aromatic heterocycles. The molecular weight excluding hydrogens is 432 g/mol. The van der Waals surface area contributed by atoms with E-state index < -0.39 is 15.9 Å². The largest absolute Gasteiger partial charge is 0.493 e. The van der Waals surface area contributed by atoms with Gasteiger partial charge in [0.25, 0.3) is 10.0 Å². The number of benzene rings is 2.